The molecule has 0 fully saturated rings. The minimum Gasteiger partial charge on any atom is -0.325 e. The number of nitrogens with one attached hydrogen (secondary N) is 1. The van der Waals surface area contributed by atoms with Crippen molar-refractivity contribution in [1.82, 2.24) is 4.98 Å². The minimum absolute atomic E-state index is 0.0719. The predicted octanol–water partition coefficient (Wildman–Crippen LogP) is 2.37. The molecule has 1 heterocycles. The van der Waals surface area contributed by atoms with Gasteiger partial charge in [-0.3, -0.25) is 9.78 Å². The minimum atomic E-state index is -0.0719. The number of carbonyl (C=O) groups excluding carboxylic acids is 1. The zero-order chi connectivity index (χ0) is 10.3. The molecule has 3 heteroatoms. The molecule has 13 heavy (non-hydrogen) atoms. The molecule has 0 spiro atoms. The normalized spacial score (nSPS) is 8.31. The molecule has 0 unspecified atom stereocenters. The highest BCUT2D eigenvalue weighted by atomic mass is 16.1. The average Bonchev–Trinajstić information content (AvgIpc) is 2.06. The fourth-order valence-electron chi connectivity index (χ4n) is 0.827. The SMILES string of the molecule is CC.CC(=O)Nc1cncc(C)c1. The van der Waals surface area contributed by atoms with Gasteiger partial charge in [0.1, 0.15) is 0 Å². The summed E-state index contributed by atoms with van der Waals surface area (Å²) in [5.74, 6) is -0.0719. The van der Waals surface area contributed by atoms with Crippen LogP contribution in [-0.2, 0) is 4.79 Å². The Labute approximate surface area is 79.2 Å². The summed E-state index contributed by atoms with van der Waals surface area (Å²) in [6.45, 7) is 7.40. The van der Waals surface area contributed by atoms with E-state index >= 15 is 0 Å². The maximum Gasteiger partial charge on any atom is 0.221 e. The zero-order valence-corrected chi connectivity index (χ0v) is 8.59. The van der Waals surface area contributed by atoms with Gasteiger partial charge in [-0.2, -0.15) is 0 Å². The van der Waals surface area contributed by atoms with E-state index < -0.39 is 0 Å². The summed E-state index contributed by atoms with van der Waals surface area (Å²) >= 11 is 0. The Balaban J connectivity index is 0.000000671. The standard InChI is InChI=1S/C8H10N2O.C2H6/c1-6-3-8(5-9-4-6)10-7(2)11;1-2/h3-5H,1-2H3,(H,10,11);1-2H3. The first-order chi connectivity index (χ1) is 6.18. The first-order valence-corrected chi connectivity index (χ1v) is 4.38. The summed E-state index contributed by atoms with van der Waals surface area (Å²) in [6.07, 6.45) is 3.36. The second kappa shape index (κ2) is 6.17. The molecule has 0 saturated carbocycles. The number of pyridine rings is 1. The van der Waals surface area contributed by atoms with E-state index in [1.165, 1.54) is 6.92 Å². The summed E-state index contributed by atoms with van der Waals surface area (Å²) in [7, 11) is 0. The van der Waals surface area contributed by atoms with Gasteiger partial charge in [-0.15, -0.1) is 0 Å². The third-order valence-corrected chi connectivity index (χ3v) is 1.20. The van der Waals surface area contributed by atoms with Gasteiger partial charge >= 0.3 is 0 Å². The molecule has 1 rings (SSSR count). The summed E-state index contributed by atoms with van der Waals surface area (Å²) in [5, 5.41) is 2.64. The lowest BCUT2D eigenvalue weighted by Gasteiger charge is -2.00. The van der Waals surface area contributed by atoms with Gasteiger partial charge in [0.2, 0.25) is 5.91 Å². The van der Waals surface area contributed by atoms with Crippen molar-refractivity contribution in [2.45, 2.75) is 27.7 Å². The van der Waals surface area contributed by atoms with Crippen molar-refractivity contribution in [3.63, 3.8) is 0 Å². The predicted molar refractivity (Wildman–Crippen MR) is 54.6 cm³/mol. The van der Waals surface area contributed by atoms with Gasteiger partial charge in [0, 0.05) is 13.1 Å². The first-order valence-electron chi connectivity index (χ1n) is 4.38. The van der Waals surface area contributed by atoms with Crippen LogP contribution in [0, 0.1) is 6.92 Å². The van der Waals surface area contributed by atoms with E-state index in [2.05, 4.69) is 10.3 Å². The quantitative estimate of drug-likeness (QED) is 0.721. The maximum atomic E-state index is 10.6. The van der Waals surface area contributed by atoms with Crippen molar-refractivity contribution in [3.05, 3.63) is 24.0 Å². The van der Waals surface area contributed by atoms with Crippen LogP contribution in [0.15, 0.2) is 18.5 Å². The number of rotatable bonds is 1. The van der Waals surface area contributed by atoms with Gasteiger partial charge in [-0.25, -0.2) is 0 Å². The molecule has 72 valence electrons. The second-order valence-corrected chi connectivity index (χ2v) is 2.43. The van der Waals surface area contributed by atoms with Crippen LogP contribution in [0.4, 0.5) is 5.69 Å². The van der Waals surface area contributed by atoms with Crippen LogP contribution in [0.5, 0.6) is 0 Å². The summed E-state index contributed by atoms with van der Waals surface area (Å²) in [6, 6.07) is 1.87. The summed E-state index contributed by atoms with van der Waals surface area (Å²) in [4.78, 5) is 14.5. The largest absolute Gasteiger partial charge is 0.325 e. The summed E-state index contributed by atoms with van der Waals surface area (Å²) in [5.41, 5.74) is 1.79. The molecule has 0 saturated heterocycles. The van der Waals surface area contributed by atoms with Crippen LogP contribution in [-0.4, -0.2) is 10.9 Å². The molecule has 1 aromatic heterocycles. The highest BCUT2D eigenvalue weighted by Crippen LogP contribution is 2.06. The number of anilines is 1. The molecule has 0 aliphatic heterocycles. The second-order valence-electron chi connectivity index (χ2n) is 2.43. The van der Waals surface area contributed by atoms with E-state index in [9.17, 15) is 4.79 Å². The lowest BCUT2D eigenvalue weighted by atomic mass is 10.3. The number of carbonyl (C=O) groups is 1. The van der Waals surface area contributed by atoms with Crippen molar-refractivity contribution in [3.8, 4) is 0 Å². The molecule has 0 aliphatic rings. The van der Waals surface area contributed by atoms with Gasteiger partial charge in [0.05, 0.1) is 11.9 Å². The third-order valence-electron chi connectivity index (χ3n) is 1.20. The smallest absolute Gasteiger partial charge is 0.221 e. The first kappa shape index (κ1) is 11.6. The van der Waals surface area contributed by atoms with E-state index in [1.54, 1.807) is 12.4 Å². The fourth-order valence-corrected chi connectivity index (χ4v) is 0.827. The van der Waals surface area contributed by atoms with Crippen molar-refractivity contribution in [2.24, 2.45) is 0 Å². The van der Waals surface area contributed by atoms with Gasteiger partial charge in [0.25, 0.3) is 0 Å². The van der Waals surface area contributed by atoms with Crippen LogP contribution in [0.3, 0.4) is 0 Å². The Morgan fingerprint density at radius 2 is 2.00 bits per heavy atom. The Kier molecular flexibility index (Phi) is 5.52. The fraction of sp³-hybridized carbons (Fsp3) is 0.400. The van der Waals surface area contributed by atoms with Crippen LogP contribution < -0.4 is 5.32 Å². The lowest BCUT2D eigenvalue weighted by molar-refractivity contribution is -0.114. The van der Waals surface area contributed by atoms with E-state index in [4.69, 9.17) is 0 Å². The van der Waals surface area contributed by atoms with Gasteiger partial charge in [-0.1, -0.05) is 13.8 Å². The molecule has 0 bridgehead atoms. The third kappa shape index (κ3) is 4.95. The Bertz CT molecular complexity index is 271. The van der Waals surface area contributed by atoms with E-state index in [1.807, 2.05) is 26.8 Å². The van der Waals surface area contributed by atoms with Crippen molar-refractivity contribution < 1.29 is 4.79 Å². The van der Waals surface area contributed by atoms with E-state index in [0.717, 1.165) is 11.3 Å². The number of amides is 1. The van der Waals surface area contributed by atoms with Crippen LogP contribution in [0.25, 0.3) is 0 Å². The molecule has 0 radical (unpaired) electrons. The molecular weight excluding hydrogens is 164 g/mol. The molecule has 0 aromatic carbocycles. The average molecular weight is 180 g/mol. The number of nitrogens with zero attached hydrogens (tertiary/aromatic N) is 1. The van der Waals surface area contributed by atoms with E-state index in [-0.39, 0.29) is 5.91 Å². The van der Waals surface area contributed by atoms with Gasteiger partial charge < -0.3 is 5.32 Å². The highest BCUT2D eigenvalue weighted by molar-refractivity contribution is 5.88. The molecule has 1 N–H and O–H groups in total. The van der Waals surface area contributed by atoms with Crippen LogP contribution in [0.2, 0.25) is 0 Å². The number of hydrogen-bond donors (Lipinski definition) is 1. The van der Waals surface area contributed by atoms with E-state index in [0.29, 0.717) is 0 Å². The number of hydrogen-bond acceptors (Lipinski definition) is 2. The van der Waals surface area contributed by atoms with Crippen LogP contribution in [0.1, 0.15) is 26.3 Å². The molecule has 0 atom stereocenters. The maximum absolute atomic E-state index is 10.6. The Morgan fingerprint density at radius 1 is 1.38 bits per heavy atom. The molecule has 1 amide bonds. The van der Waals surface area contributed by atoms with Crippen molar-refractivity contribution in [2.75, 3.05) is 5.32 Å². The van der Waals surface area contributed by atoms with Gasteiger partial charge in [0.15, 0.2) is 0 Å². The van der Waals surface area contributed by atoms with Crippen LogP contribution >= 0.6 is 0 Å². The lowest BCUT2D eigenvalue weighted by Crippen LogP contribution is -2.05. The van der Waals surface area contributed by atoms with Gasteiger partial charge in [-0.05, 0) is 18.6 Å². The number of aryl methyl sites for hydroxylation is 1. The monoisotopic (exact) mass is 180 g/mol. The van der Waals surface area contributed by atoms with Crippen molar-refractivity contribution in [1.29, 1.82) is 0 Å². The Morgan fingerprint density at radius 3 is 2.46 bits per heavy atom. The van der Waals surface area contributed by atoms with Crippen molar-refractivity contribution >= 4 is 11.6 Å². The summed E-state index contributed by atoms with van der Waals surface area (Å²) < 4.78 is 0. The Hall–Kier alpha value is -1.38. The molecule has 1 aromatic rings. The molecule has 3 nitrogen and oxygen atoms in total. The topological polar surface area (TPSA) is 42.0 Å². The zero-order valence-electron chi connectivity index (χ0n) is 8.59. The molecular formula is C10H16N2O. The highest BCUT2D eigenvalue weighted by Gasteiger charge is 1.94. The number of aromatic nitrogens is 1. The molecule has 0 aliphatic carbocycles.